The van der Waals surface area contributed by atoms with Crippen molar-refractivity contribution in [1.82, 2.24) is 10.7 Å². The number of carbonyl (C=O) groups excluding carboxylic acids is 2. The van der Waals surface area contributed by atoms with Crippen molar-refractivity contribution in [2.75, 3.05) is 0 Å². The second-order valence-electron chi connectivity index (χ2n) is 5.92. The predicted molar refractivity (Wildman–Crippen MR) is 130 cm³/mol. The molecule has 0 aliphatic rings. The van der Waals surface area contributed by atoms with Crippen molar-refractivity contribution in [2.45, 2.75) is 0 Å². The van der Waals surface area contributed by atoms with Gasteiger partial charge in [-0.25, -0.2) is 5.43 Å². The SMILES string of the molecule is O=C(N/N=C/c1cc(Br)cc(I)c1O)C(=Cc1cccs1)NC(=O)c1ccccc1. The Labute approximate surface area is 199 Å². The highest BCUT2D eigenvalue weighted by Crippen LogP contribution is 2.27. The van der Waals surface area contributed by atoms with Gasteiger partial charge in [-0.05, 0) is 64.4 Å². The number of nitrogens with zero attached hydrogens (tertiary/aromatic N) is 1. The highest BCUT2D eigenvalue weighted by Gasteiger charge is 2.14. The lowest BCUT2D eigenvalue weighted by molar-refractivity contribution is -0.117. The molecule has 6 nitrogen and oxygen atoms in total. The van der Waals surface area contributed by atoms with Crippen LogP contribution in [0, 0.1) is 3.57 Å². The average molecular weight is 596 g/mol. The van der Waals surface area contributed by atoms with Gasteiger partial charge in [-0.3, -0.25) is 9.59 Å². The fourth-order valence-electron chi connectivity index (χ4n) is 2.36. The Morgan fingerprint density at radius 3 is 2.60 bits per heavy atom. The smallest absolute Gasteiger partial charge is 0.287 e. The van der Waals surface area contributed by atoms with E-state index < -0.39 is 11.8 Å². The molecular formula is C21H15BrIN3O3S. The van der Waals surface area contributed by atoms with E-state index in [4.69, 9.17) is 0 Å². The molecular weight excluding hydrogens is 581 g/mol. The largest absolute Gasteiger partial charge is 0.506 e. The minimum atomic E-state index is -0.590. The number of hydrogen-bond acceptors (Lipinski definition) is 5. The molecule has 2 aromatic carbocycles. The molecule has 0 saturated carbocycles. The summed E-state index contributed by atoms with van der Waals surface area (Å²) >= 11 is 6.78. The van der Waals surface area contributed by atoms with Crippen LogP contribution in [-0.4, -0.2) is 23.1 Å². The zero-order valence-electron chi connectivity index (χ0n) is 15.3. The minimum Gasteiger partial charge on any atom is -0.506 e. The van der Waals surface area contributed by atoms with Gasteiger partial charge in [-0.2, -0.15) is 5.10 Å². The van der Waals surface area contributed by atoms with Crippen LogP contribution < -0.4 is 10.7 Å². The third-order valence-electron chi connectivity index (χ3n) is 3.79. The van der Waals surface area contributed by atoms with Crippen LogP contribution in [0.1, 0.15) is 20.8 Å². The number of phenolic OH excluding ortho intramolecular Hbond substituents is 1. The van der Waals surface area contributed by atoms with Crippen molar-refractivity contribution in [2.24, 2.45) is 5.10 Å². The molecule has 9 heteroatoms. The molecule has 3 N–H and O–H groups in total. The van der Waals surface area contributed by atoms with Gasteiger partial charge in [0.1, 0.15) is 11.4 Å². The molecule has 1 aromatic heterocycles. The molecule has 152 valence electrons. The van der Waals surface area contributed by atoms with Crippen molar-refractivity contribution >= 4 is 74.0 Å². The Morgan fingerprint density at radius 1 is 1.13 bits per heavy atom. The molecule has 0 radical (unpaired) electrons. The first-order valence-corrected chi connectivity index (χ1v) is 11.3. The molecule has 0 aliphatic heterocycles. The van der Waals surface area contributed by atoms with Crippen LogP contribution in [0.2, 0.25) is 0 Å². The van der Waals surface area contributed by atoms with Crippen LogP contribution in [0.4, 0.5) is 0 Å². The van der Waals surface area contributed by atoms with Gasteiger partial charge in [0, 0.05) is 20.5 Å². The number of halogens is 2. The number of aromatic hydroxyl groups is 1. The van der Waals surface area contributed by atoms with Crippen LogP contribution in [0.3, 0.4) is 0 Å². The zero-order chi connectivity index (χ0) is 21.5. The number of benzene rings is 2. The quantitative estimate of drug-likeness (QED) is 0.166. The monoisotopic (exact) mass is 595 g/mol. The number of carbonyl (C=O) groups is 2. The van der Waals surface area contributed by atoms with Crippen molar-refractivity contribution in [1.29, 1.82) is 0 Å². The Morgan fingerprint density at radius 2 is 1.90 bits per heavy atom. The minimum absolute atomic E-state index is 0.0523. The molecule has 0 saturated heterocycles. The van der Waals surface area contributed by atoms with Crippen LogP contribution in [-0.2, 0) is 4.79 Å². The molecule has 0 spiro atoms. The lowest BCUT2D eigenvalue weighted by Crippen LogP contribution is -2.32. The fraction of sp³-hybridized carbons (Fsp3) is 0. The summed E-state index contributed by atoms with van der Waals surface area (Å²) in [6.07, 6.45) is 2.91. The zero-order valence-corrected chi connectivity index (χ0v) is 19.9. The van der Waals surface area contributed by atoms with E-state index in [1.165, 1.54) is 17.6 Å². The third kappa shape index (κ3) is 6.00. The van der Waals surface area contributed by atoms with Crippen molar-refractivity contribution in [3.63, 3.8) is 0 Å². The van der Waals surface area contributed by atoms with Gasteiger partial charge in [0.2, 0.25) is 0 Å². The fourth-order valence-corrected chi connectivity index (χ4v) is 4.57. The van der Waals surface area contributed by atoms with Gasteiger partial charge in [0.25, 0.3) is 11.8 Å². The van der Waals surface area contributed by atoms with E-state index in [0.717, 1.165) is 9.35 Å². The Hall–Kier alpha value is -2.50. The first-order valence-electron chi connectivity index (χ1n) is 8.57. The number of phenols is 1. The Balaban J connectivity index is 1.78. The van der Waals surface area contributed by atoms with E-state index in [1.54, 1.807) is 48.5 Å². The van der Waals surface area contributed by atoms with Gasteiger partial charge in [0.15, 0.2) is 0 Å². The first-order chi connectivity index (χ1) is 14.4. The standard InChI is InChI=1S/C21H15BrIN3O3S/c22-15-9-14(19(27)17(23)10-15)12-24-26-21(29)18(11-16-7-4-8-30-16)25-20(28)13-5-2-1-3-6-13/h1-12,27H,(H,25,28)(H,26,29)/b18-11?,24-12+. The third-order valence-corrected chi connectivity index (χ3v) is 5.89. The first kappa shape index (κ1) is 22.2. The Bertz CT molecular complexity index is 1120. The van der Waals surface area contributed by atoms with E-state index in [2.05, 4.69) is 31.8 Å². The maximum Gasteiger partial charge on any atom is 0.287 e. The molecule has 3 aromatic rings. The highest BCUT2D eigenvalue weighted by molar-refractivity contribution is 14.1. The summed E-state index contributed by atoms with van der Waals surface area (Å²) in [6, 6.07) is 15.7. The number of nitrogens with one attached hydrogen (secondary N) is 2. The number of hydrazone groups is 1. The van der Waals surface area contributed by atoms with Gasteiger partial charge in [-0.1, -0.05) is 40.2 Å². The van der Waals surface area contributed by atoms with Crippen molar-refractivity contribution in [3.05, 3.63) is 89.7 Å². The summed E-state index contributed by atoms with van der Waals surface area (Å²) in [5.41, 5.74) is 3.31. The molecule has 2 amide bonds. The van der Waals surface area contributed by atoms with Crippen molar-refractivity contribution < 1.29 is 14.7 Å². The lowest BCUT2D eigenvalue weighted by Gasteiger charge is -2.09. The number of rotatable bonds is 6. The molecule has 0 fully saturated rings. The maximum absolute atomic E-state index is 12.7. The molecule has 3 rings (SSSR count). The summed E-state index contributed by atoms with van der Waals surface area (Å²) in [4.78, 5) is 26.0. The number of hydrogen-bond donors (Lipinski definition) is 3. The van der Waals surface area contributed by atoms with Crippen LogP contribution in [0.25, 0.3) is 6.08 Å². The van der Waals surface area contributed by atoms with Crippen molar-refractivity contribution in [3.8, 4) is 5.75 Å². The Kier molecular flexibility index (Phi) is 7.77. The topological polar surface area (TPSA) is 90.8 Å². The van der Waals surface area contributed by atoms with Gasteiger partial charge in [-0.15, -0.1) is 11.3 Å². The molecule has 0 unspecified atom stereocenters. The van der Waals surface area contributed by atoms with Gasteiger partial charge >= 0.3 is 0 Å². The molecule has 1 heterocycles. The lowest BCUT2D eigenvalue weighted by atomic mass is 10.2. The summed E-state index contributed by atoms with van der Waals surface area (Å²) in [5.74, 6) is -0.937. The molecule has 0 atom stereocenters. The van der Waals surface area contributed by atoms with Gasteiger partial charge < -0.3 is 10.4 Å². The van der Waals surface area contributed by atoms with E-state index in [9.17, 15) is 14.7 Å². The normalized spacial score (nSPS) is 11.5. The molecule has 30 heavy (non-hydrogen) atoms. The summed E-state index contributed by atoms with van der Waals surface area (Å²) in [7, 11) is 0. The highest BCUT2D eigenvalue weighted by atomic mass is 127. The van der Waals surface area contributed by atoms with E-state index >= 15 is 0 Å². The average Bonchev–Trinajstić information content (AvgIpc) is 3.24. The van der Waals surface area contributed by atoms with Crippen LogP contribution in [0.5, 0.6) is 5.75 Å². The summed E-state index contributed by atoms with van der Waals surface area (Å²) in [6.45, 7) is 0. The second-order valence-corrected chi connectivity index (χ2v) is 8.98. The summed E-state index contributed by atoms with van der Waals surface area (Å²) < 4.78 is 1.41. The number of thiophene rings is 1. The van der Waals surface area contributed by atoms with Gasteiger partial charge in [0.05, 0.1) is 9.78 Å². The van der Waals surface area contributed by atoms with E-state index in [0.29, 0.717) is 14.7 Å². The predicted octanol–water partition coefficient (Wildman–Crippen LogP) is 4.74. The van der Waals surface area contributed by atoms with Crippen LogP contribution >= 0.6 is 49.9 Å². The van der Waals surface area contributed by atoms with Crippen LogP contribution in [0.15, 0.2) is 75.2 Å². The molecule has 0 bridgehead atoms. The second kappa shape index (κ2) is 10.5. The summed E-state index contributed by atoms with van der Waals surface area (Å²) in [5, 5.41) is 18.5. The van der Waals surface area contributed by atoms with E-state index in [1.807, 2.05) is 40.1 Å². The maximum atomic E-state index is 12.7. The molecule has 0 aliphatic carbocycles. The number of amides is 2. The van der Waals surface area contributed by atoms with E-state index in [-0.39, 0.29) is 11.4 Å².